The summed E-state index contributed by atoms with van der Waals surface area (Å²) in [5.74, 6) is 1.93. The van der Waals surface area contributed by atoms with Crippen molar-refractivity contribution >= 4 is 17.7 Å². The molecule has 3 heterocycles. The molecule has 3 aromatic heterocycles. The second kappa shape index (κ2) is 4.96. The van der Waals surface area contributed by atoms with E-state index in [1.807, 2.05) is 19.3 Å². The number of hydrogen-bond acceptors (Lipinski definition) is 7. The summed E-state index contributed by atoms with van der Waals surface area (Å²) in [6, 6.07) is 3.63. The Morgan fingerprint density at radius 3 is 2.60 bits per heavy atom. The van der Waals surface area contributed by atoms with Gasteiger partial charge in [0.15, 0.2) is 5.82 Å². The minimum atomic E-state index is 0.397. The Morgan fingerprint density at radius 2 is 1.95 bits per heavy atom. The number of nitrogens with one attached hydrogen (secondary N) is 2. The summed E-state index contributed by atoms with van der Waals surface area (Å²) in [7, 11) is 3.58. The van der Waals surface area contributed by atoms with E-state index in [4.69, 9.17) is 0 Å². The Balaban J connectivity index is 1.96. The molecule has 0 aromatic carbocycles. The minimum Gasteiger partial charge on any atom is -0.357 e. The maximum Gasteiger partial charge on any atom is 0.257 e. The molecule has 0 saturated heterocycles. The van der Waals surface area contributed by atoms with E-state index in [2.05, 4.69) is 35.8 Å². The predicted octanol–water partition coefficient (Wildman–Crippen LogP) is 0.576. The van der Waals surface area contributed by atoms with Gasteiger partial charge in [-0.05, 0) is 6.07 Å². The lowest BCUT2D eigenvalue weighted by atomic mass is 10.6. The molecule has 2 N–H and O–H groups in total. The Morgan fingerprint density at radius 1 is 1.10 bits per heavy atom. The van der Waals surface area contributed by atoms with Crippen LogP contribution in [-0.2, 0) is 7.05 Å². The molecule has 0 spiro atoms. The largest absolute Gasteiger partial charge is 0.357 e. The summed E-state index contributed by atoms with van der Waals surface area (Å²) >= 11 is 0. The van der Waals surface area contributed by atoms with Crippen LogP contribution in [-0.4, -0.2) is 41.6 Å². The Hall–Kier alpha value is -2.97. The van der Waals surface area contributed by atoms with Crippen LogP contribution in [0.1, 0.15) is 0 Å². The second-order valence-electron chi connectivity index (χ2n) is 3.98. The van der Waals surface area contributed by atoms with E-state index >= 15 is 0 Å². The SMILES string of the molecule is CNc1nc(Nc2ccn(C)n2)nc(-n2cccn2)n1. The molecule has 0 saturated carbocycles. The van der Waals surface area contributed by atoms with Crippen molar-refractivity contribution in [2.24, 2.45) is 7.05 Å². The third kappa shape index (κ3) is 2.41. The molecule has 0 bridgehead atoms. The summed E-state index contributed by atoms with van der Waals surface area (Å²) in [5.41, 5.74) is 0. The normalized spacial score (nSPS) is 10.5. The molecular formula is C11H13N9. The molecule has 0 aliphatic rings. The number of aryl methyl sites for hydroxylation is 1. The van der Waals surface area contributed by atoms with Gasteiger partial charge < -0.3 is 10.6 Å². The van der Waals surface area contributed by atoms with Crippen molar-refractivity contribution in [2.45, 2.75) is 0 Å². The Bertz CT molecular complexity index is 701. The highest BCUT2D eigenvalue weighted by atomic mass is 15.4. The van der Waals surface area contributed by atoms with Crippen molar-refractivity contribution in [3.8, 4) is 5.95 Å². The summed E-state index contributed by atoms with van der Waals surface area (Å²) < 4.78 is 3.25. The standard InChI is InChI=1S/C11H13N9/c1-12-9-15-10(14-8-4-7-19(2)18-8)17-11(16-9)20-6-3-5-13-20/h3-7H,1-2H3,(H2,12,14,15,16,17,18). The molecule has 0 aliphatic carbocycles. The van der Waals surface area contributed by atoms with Gasteiger partial charge >= 0.3 is 0 Å². The summed E-state index contributed by atoms with van der Waals surface area (Å²) in [6.45, 7) is 0. The fourth-order valence-corrected chi connectivity index (χ4v) is 1.62. The fourth-order valence-electron chi connectivity index (χ4n) is 1.62. The zero-order valence-corrected chi connectivity index (χ0v) is 11.0. The van der Waals surface area contributed by atoms with Crippen LogP contribution in [0.15, 0.2) is 30.7 Å². The fraction of sp³-hybridized carbons (Fsp3) is 0.182. The van der Waals surface area contributed by atoms with E-state index in [-0.39, 0.29) is 0 Å². The lowest BCUT2D eigenvalue weighted by molar-refractivity contribution is 0.769. The first kappa shape index (κ1) is 12.1. The van der Waals surface area contributed by atoms with Gasteiger partial charge in [-0.3, -0.25) is 4.68 Å². The van der Waals surface area contributed by atoms with E-state index in [9.17, 15) is 0 Å². The van der Waals surface area contributed by atoms with E-state index in [0.717, 1.165) is 0 Å². The zero-order chi connectivity index (χ0) is 13.9. The average molecular weight is 271 g/mol. The monoisotopic (exact) mass is 271 g/mol. The highest BCUT2D eigenvalue weighted by Crippen LogP contribution is 2.12. The first-order valence-electron chi connectivity index (χ1n) is 5.95. The molecule has 3 aromatic rings. The summed E-state index contributed by atoms with van der Waals surface area (Å²) in [6.07, 6.45) is 5.25. The zero-order valence-electron chi connectivity index (χ0n) is 11.0. The van der Waals surface area contributed by atoms with Crippen molar-refractivity contribution in [3.05, 3.63) is 30.7 Å². The lowest BCUT2D eigenvalue weighted by Crippen LogP contribution is -2.09. The number of anilines is 3. The quantitative estimate of drug-likeness (QED) is 0.716. The van der Waals surface area contributed by atoms with Gasteiger partial charge in [0.05, 0.1) is 0 Å². The van der Waals surface area contributed by atoms with Gasteiger partial charge in [0.25, 0.3) is 5.95 Å². The van der Waals surface area contributed by atoms with Gasteiger partial charge in [0.1, 0.15) is 0 Å². The van der Waals surface area contributed by atoms with Crippen molar-refractivity contribution in [3.63, 3.8) is 0 Å². The van der Waals surface area contributed by atoms with Crippen LogP contribution in [0.25, 0.3) is 5.95 Å². The molecule has 0 radical (unpaired) electrons. The third-order valence-electron chi connectivity index (χ3n) is 2.51. The maximum absolute atomic E-state index is 4.31. The molecular weight excluding hydrogens is 258 g/mol. The van der Waals surface area contributed by atoms with Crippen molar-refractivity contribution in [1.29, 1.82) is 0 Å². The van der Waals surface area contributed by atoms with Crippen molar-refractivity contribution in [2.75, 3.05) is 17.7 Å². The van der Waals surface area contributed by atoms with Crippen LogP contribution in [0.4, 0.5) is 17.7 Å². The molecule has 102 valence electrons. The van der Waals surface area contributed by atoms with Gasteiger partial charge in [0.2, 0.25) is 11.9 Å². The maximum atomic E-state index is 4.31. The van der Waals surface area contributed by atoms with Crippen LogP contribution in [0.2, 0.25) is 0 Å². The third-order valence-corrected chi connectivity index (χ3v) is 2.51. The first-order chi connectivity index (χ1) is 9.74. The van der Waals surface area contributed by atoms with Crippen molar-refractivity contribution < 1.29 is 0 Å². The summed E-state index contributed by atoms with van der Waals surface area (Å²) in [5, 5.41) is 14.2. The molecule has 20 heavy (non-hydrogen) atoms. The highest BCUT2D eigenvalue weighted by Gasteiger charge is 2.08. The molecule has 3 rings (SSSR count). The van der Waals surface area contributed by atoms with Gasteiger partial charge in [-0.2, -0.15) is 25.1 Å². The minimum absolute atomic E-state index is 0.397. The van der Waals surface area contributed by atoms with Crippen LogP contribution in [0.3, 0.4) is 0 Å². The van der Waals surface area contributed by atoms with Crippen LogP contribution in [0, 0.1) is 0 Å². The number of rotatable bonds is 4. The number of nitrogens with zero attached hydrogens (tertiary/aromatic N) is 7. The Kier molecular flexibility index (Phi) is 2.99. The number of hydrogen-bond donors (Lipinski definition) is 2. The van der Waals surface area contributed by atoms with Gasteiger partial charge in [-0.1, -0.05) is 0 Å². The number of aromatic nitrogens is 7. The van der Waals surface area contributed by atoms with E-state index < -0.39 is 0 Å². The molecule has 0 aliphatic heterocycles. The van der Waals surface area contributed by atoms with Gasteiger partial charge in [0, 0.05) is 38.8 Å². The van der Waals surface area contributed by atoms with E-state index in [1.54, 1.807) is 34.9 Å². The predicted molar refractivity (Wildman–Crippen MR) is 73.0 cm³/mol. The van der Waals surface area contributed by atoms with Crippen LogP contribution >= 0.6 is 0 Å². The molecule has 9 nitrogen and oxygen atoms in total. The summed E-state index contributed by atoms with van der Waals surface area (Å²) in [4.78, 5) is 12.8. The van der Waals surface area contributed by atoms with Crippen LogP contribution < -0.4 is 10.6 Å². The Labute approximate surface area is 114 Å². The molecule has 0 amide bonds. The molecule has 0 fully saturated rings. The van der Waals surface area contributed by atoms with Gasteiger partial charge in [-0.25, -0.2) is 4.68 Å². The van der Waals surface area contributed by atoms with Gasteiger partial charge in [-0.15, -0.1) is 0 Å². The smallest absolute Gasteiger partial charge is 0.257 e. The van der Waals surface area contributed by atoms with E-state index in [1.165, 1.54) is 0 Å². The second-order valence-corrected chi connectivity index (χ2v) is 3.98. The molecule has 9 heteroatoms. The van der Waals surface area contributed by atoms with Crippen LogP contribution in [0.5, 0.6) is 0 Å². The van der Waals surface area contributed by atoms with E-state index in [0.29, 0.717) is 23.7 Å². The molecule has 0 atom stereocenters. The average Bonchev–Trinajstić information content (AvgIpc) is 3.10. The lowest BCUT2D eigenvalue weighted by Gasteiger charge is -2.06. The molecule has 0 unspecified atom stereocenters. The van der Waals surface area contributed by atoms with Crippen molar-refractivity contribution in [1.82, 2.24) is 34.5 Å². The first-order valence-corrected chi connectivity index (χ1v) is 5.95. The topological polar surface area (TPSA) is 98.4 Å². The highest BCUT2D eigenvalue weighted by molar-refractivity contribution is 5.49.